The Balaban J connectivity index is 2.39. The molecule has 1 heterocycles. The standard InChI is InChI=1S/C10H20N2O/c1-4-12-7-5-6-10(12)8-11(3)9(2)13/h10H,4-8H2,1-3H3. The van der Waals surface area contributed by atoms with E-state index in [0.717, 1.165) is 13.1 Å². The number of nitrogens with zero attached hydrogens (tertiary/aromatic N) is 2. The summed E-state index contributed by atoms with van der Waals surface area (Å²) in [6.07, 6.45) is 2.52. The molecule has 1 unspecified atom stereocenters. The lowest BCUT2D eigenvalue weighted by Gasteiger charge is -2.27. The van der Waals surface area contributed by atoms with Crippen molar-refractivity contribution in [2.24, 2.45) is 0 Å². The maximum atomic E-state index is 11.0. The molecular formula is C10H20N2O. The van der Waals surface area contributed by atoms with E-state index >= 15 is 0 Å². The van der Waals surface area contributed by atoms with Crippen molar-refractivity contribution >= 4 is 5.91 Å². The maximum absolute atomic E-state index is 11.0. The Morgan fingerprint density at radius 1 is 1.62 bits per heavy atom. The van der Waals surface area contributed by atoms with Crippen LogP contribution in [0.2, 0.25) is 0 Å². The van der Waals surface area contributed by atoms with Gasteiger partial charge in [0.05, 0.1) is 0 Å². The minimum atomic E-state index is 0.169. The highest BCUT2D eigenvalue weighted by atomic mass is 16.2. The molecule has 1 saturated heterocycles. The second kappa shape index (κ2) is 4.61. The van der Waals surface area contributed by atoms with E-state index in [0.29, 0.717) is 6.04 Å². The normalized spacial score (nSPS) is 23.5. The van der Waals surface area contributed by atoms with E-state index in [2.05, 4.69) is 11.8 Å². The summed E-state index contributed by atoms with van der Waals surface area (Å²) in [5, 5.41) is 0. The Hall–Kier alpha value is -0.570. The third-order valence-corrected chi connectivity index (χ3v) is 2.93. The molecule has 0 spiro atoms. The number of rotatable bonds is 3. The van der Waals surface area contributed by atoms with Crippen LogP contribution >= 0.6 is 0 Å². The molecule has 0 bridgehead atoms. The molecule has 1 aliphatic rings. The molecule has 0 radical (unpaired) electrons. The van der Waals surface area contributed by atoms with Crippen LogP contribution in [0.1, 0.15) is 26.7 Å². The van der Waals surface area contributed by atoms with Gasteiger partial charge in [0.25, 0.3) is 0 Å². The van der Waals surface area contributed by atoms with Crippen molar-refractivity contribution in [3.63, 3.8) is 0 Å². The van der Waals surface area contributed by atoms with Crippen LogP contribution in [-0.2, 0) is 4.79 Å². The number of hydrogen-bond donors (Lipinski definition) is 0. The first-order valence-corrected chi connectivity index (χ1v) is 5.11. The van der Waals surface area contributed by atoms with Crippen molar-refractivity contribution in [3.05, 3.63) is 0 Å². The second-order valence-corrected chi connectivity index (χ2v) is 3.82. The van der Waals surface area contributed by atoms with Crippen molar-refractivity contribution in [2.45, 2.75) is 32.7 Å². The van der Waals surface area contributed by atoms with Gasteiger partial charge < -0.3 is 4.90 Å². The van der Waals surface area contributed by atoms with E-state index in [1.165, 1.54) is 19.4 Å². The first-order chi connectivity index (χ1) is 6.15. The van der Waals surface area contributed by atoms with Gasteiger partial charge in [-0.3, -0.25) is 9.69 Å². The molecular weight excluding hydrogens is 164 g/mol. The Morgan fingerprint density at radius 2 is 2.31 bits per heavy atom. The fourth-order valence-electron chi connectivity index (χ4n) is 1.96. The average Bonchev–Trinajstić information content (AvgIpc) is 2.51. The average molecular weight is 184 g/mol. The van der Waals surface area contributed by atoms with Crippen molar-refractivity contribution in [2.75, 3.05) is 26.7 Å². The number of hydrogen-bond acceptors (Lipinski definition) is 2. The number of likely N-dealkylation sites (N-methyl/N-ethyl adjacent to an activating group) is 2. The van der Waals surface area contributed by atoms with Crippen LogP contribution in [0.15, 0.2) is 0 Å². The van der Waals surface area contributed by atoms with Crippen molar-refractivity contribution < 1.29 is 4.79 Å². The molecule has 1 fully saturated rings. The van der Waals surface area contributed by atoms with E-state index in [1.807, 2.05) is 11.9 Å². The van der Waals surface area contributed by atoms with Gasteiger partial charge >= 0.3 is 0 Å². The predicted molar refractivity (Wildman–Crippen MR) is 53.6 cm³/mol. The molecule has 0 aromatic heterocycles. The van der Waals surface area contributed by atoms with Crippen LogP contribution in [-0.4, -0.2) is 48.4 Å². The summed E-state index contributed by atoms with van der Waals surface area (Å²) in [4.78, 5) is 15.3. The van der Waals surface area contributed by atoms with Gasteiger partial charge in [-0.2, -0.15) is 0 Å². The third-order valence-electron chi connectivity index (χ3n) is 2.93. The molecule has 3 heteroatoms. The Labute approximate surface area is 80.7 Å². The molecule has 0 aromatic carbocycles. The summed E-state index contributed by atoms with van der Waals surface area (Å²) in [5.41, 5.74) is 0. The van der Waals surface area contributed by atoms with Crippen LogP contribution < -0.4 is 0 Å². The van der Waals surface area contributed by atoms with E-state index in [1.54, 1.807) is 6.92 Å². The summed E-state index contributed by atoms with van der Waals surface area (Å²) in [6, 6.07) is 0.596. The zero-order valence-corrected chi connectivity index (χ0v) is 8.92. The largest absolute Gasteiger partial charge is 0.344 e. The fraction of sp³-hybridized carbons (Fsp3) is 0.900. The quantitative estimate of drug-likeness (QED) is 0.652. The summed E-state index contributed by atoms with van der Waals surface area (Å²) < 4.78 is 0. The van der Waals surface area contributed by atoms with E-state index < -0.39 is 0 Å². The van der Waals surface area contributed by atoms with E-state index in [9.17, 15) is 4.79 Å². The first-order valence-electron chi connectivity index (χ1n) is 5.11. The van der Waals surface area contributed by atoms with E-state index in [4.69, 9.17) is 0 Å². The number of carbonyl (C=O) groups is 1. The smallest absolute Gasteiger partial charge is 0.219 e. The molecule has 1 aliphatic heterocycles. The van der Waals surface area contributed by atoms with Crippen molar-refractivity contribution in [3.8, 4) is 0 Å². The molecule has 0 N–H and O–H groups in total. The summed E-state index contributed by atoms with van der Waals surface area (Å²) >= 11 is 0. The van der Waals surface area contributed by atoms with Gasteiger partial charge in [0.1, 0.15) is 0 Å². The molecule has 13 heavy (non-hydrogen) atoms. The Morgan fingerprint density at radius 3 is 2.85 bits per heavy atom. The molecule has 76 valence electrons. The number of likely N-dealkylation sites (tertiary alicyclic amines) is 1. The lowest BCUT2D eigenvalue weighted by Crippen LogP contribution is -2.40. The lowest BCUT2D eigenvalue weighted by atomic mass is 10.2. The Bertz CT molecular complexity index is 182. The van der Waals surface area contributed by atoms with Gasteiger partial charge in [0.2, 0.25) is 5.91 Å². The molecule has 1 amide bonds. The monoisotopic (exact) mass is 184 g/mol. The van der Waals surface area contributed by atoms with Gasteiger partial charge in [0.15, 0.2) is 0 Å². The molecule has 0 aromatic rings. The molecule has 0 saturated carbocycles. The highest BCUT2D eigenvalue weighted by molar-refractivity contribution is 5.72. The molecule has 3 nitrogen and oxygen atoms in total. The van der Waals surface area contributed by atoms with Crippen LogP contribution in [0.3, 0.4) is 0 Å². The predicted octanol–water partition coefficient (Wildman–Crippen LogP) is 0.949. The minimum absolute atomic E-state index is 0.169. The molecule has 0 aliphatic carbocycles. The Kier molecular flexibility index (Phi) is 3.72. The minimum Gasteiger partial charge on any atom is -0.344 e. The topological polar surface area (TPSA) is 23.6 Å². The first kappa shape index (κ1) is 10.5. The summed E-state index contributed by atoms with van der Waals surface area (Å²) in [7, 11) is 1.88. The SMILES string of the molecule is CCN1CCCC1CN(C)C(C)=O. The number of carbonyl (C=O) groups excluding carboxylic acids is 1. The zero-order chi connectivity index (χ0) is 9.84. The third kappa shape index (κ3) is 2.69. The summed E-state index contributed by atoms with van der Waals surface area (Å²) in [6.45, 7) is 7.02. The lowest BCUT2D eigenvalue weighted by molar-refractivity contribution is -0.128. The van der Waals surface area contributed by atoms with Crippen LogP contribution in [0.5, 0.6) is 0 Å². The van der Waals surface area contributed by atoms with Gasteiger partial charge in [-0.25, -0.2) is 0 Å². The van der Waals surface area contributed by atoms with E-state index in [-0.39, 0.29) is 5.91 Å². The zero-order valence-electron chi connectivity index (χ0n) is 8.92. The molecule has 1 atom stereocenters. The van der Waals surface area contributed by atoms with Crippen LogP contribution in [0, 0.1) is 0 Å². The highest BCUT2D eigenvalue weighted by Gasteiger charge is 2.24. The maximum Gasteiger partial charge on any atom is 0.219 e. The van der Waals surface area contributed by atoms with Crippen molar-refractivity contribution in [1.29, 1.82) is 0 Å². The van der Waals surface area contributed by atoms with Gasteiger partial charge in [-0.15, -0.1) is 0 Å². The van der Waals surface area contributed by atoms with Crippen LogP contribution in [0.25, 0.3) is 0 Å². The molecule has 1 rings (SSSR count). The van der Waals surface area contributed by atoms with Gasteiger partial charge in [-0.05, 0) is 25.9 Å². The second-order valence-electron chi connectivity index (χ2n) is 3.82. The van der Waals surface area contributed by atoms with Gasteiger partial charge in [-0.1, -0.05) is 6.92 Å². The van der Waals surface area contributed by atoms with Crippen LogP contribution in [0.4, 0.5) is 0 Å². The highest BCUT2D eigenvalue weighted by Crippen LogP contribution is 2.16. The fourth-order valence-corrected chi connectivity index (χ4v) is 1.96. The number of amides is 1. The van der Waals surface area contributed by atoms with Gasteiger partial charge in [0, 0.05) is 26.6 Å². The van der Waals surface area contributed by atoms with Crippen molar-refractivity contribution in [1.82, 2.24) is 9.80 Å². The summed E-state index contributed by atoms with van der Waals surface area (Å²) in [5.74, 6) is 0.169.